The average molecular weight is 604 g/mol. The summed E-state index contributed by atoms with van der Waals surface area (Å²) in [5.74, 6) is -0.171. The van der Waals surface area contributed by atoms with Crippen LogP contribution in [0.3, 0.4) is 0 Å². The maximum atomic E-state index is 12.7. The number of hydrogen-bond donors (Lipinski definition) is 3. The van der Waals surface area contributed by atoms with E-state index in [1.54, 1.807) is 19.2 Å². The van der Waals surface area contributed by atoms with Gasteiger partial charge in [-0.05, 0) is 38.0 Å². The number of carbonyl (C=O) groups excluding carboxylic acids is 2. The van der Waals surface area contributed by atoms with E-state index in [2.05, 4.69) is 71.7 Å². The van der Waals surface area contributed by atoms with Gasteiger partial charge in [0.05, 0.1) is 46.7 Å². The molecule has 13 heteroatoms. The number of nitrogens with one attached hydrogen (secondary N) is 3. The molecule has 1 saturated heterocycles. The SMILES string of the molecule is CNC(=O)c1nnc(NC(=O)C2CC2)cc1Nc1cccc2c1N(C)[C@H](C)c1c-2cnn1C1CN(Cc2cccc(C#N)n2)C1. The molecule has 5 heterocycles. The van der Waals surface area contributed by atoms with E-state index < -0.39 is 0 Å². The van der Waals surface area contributed by atoms with E-state index in [4.69, 9.17) is 5.10 Å². The van der Waals surface area contributed by atoms with Crippen LogP contribution in [0.1, 0.15) is 59.4 Å². The van der Waals surface area contributed by atoms with E-state index in [9.17, 15) is 14.9 Å². The van der Waals surface area contributed by atoms with Crippen LogP contribution in [0.4, 0.5) is 22.9 Å². The fourth-order valence-corrected chi connectivity index (χ4v) is 6.14. The van der Waals surface area contributed by atoms with E-state index in [1.807, 2.05) is 30.5 Å². The Morgan fingerprint density at radius 1 is 1.07 bits per heavy atom. The van der Waals surface area contributed by atoms with Crippen molar-refractivity contribution in [3.05, 3.63) is 71.4 Å². The van der Waals surface area contributed by atoms with Crippen LogP contribution in [0.15, 0.2) is 48.7 Å². The van der Waals surface area contributed by atoms with Crippen molar-refractivity contribution in [2.75, 3.05) is 42.7 Å². The molecule has 1 aromatic carbocycles. The van der Waals surface area contributed by atoms with Crippen LogP contribution in [-0.2, 0) is 11.3 Å². The van der Waals surface area contributed by atoms with Crippen molar-refractivity contribution in [3.8, 4) is 17.2 Å². The standard InChI is InChI=1S/C32H33N11O2/c1-18-29-24(14-35-43(29)22-16-42(17-22)15-21-7-4-6-20(13-33)36-21)23-8-5-9-25(30(23)41(18)3)37-26-12-27(38-31(44)19-10-11-19)39-40-28(26)32(45)34-2/h4-9,12,14,18-19,22H,10-11,15-17H2,1-3H3,(H,34,45)(H2,37,38,39,44)/t18-/m1/s1. The Labute approximate surface area is 260 Å². The second kappa shape index (κ2) is 11.3. The highest BCUT2D eigenvalue weighted by Crippen LogP contribution is 2.49. The first kappa shape index (κ1) is 28.4. The third-order valence-corrected chi connectivity index (χ3v) is 8.79. The van der Waals surface area contributed by atoms with Crippen LogP contribution in [0.5, 0.6) is 0 Å². The van der Waals surface area contributed by atoms with Crippen molar-refractivity contribution in [1.29, 1.82) is 5.26 Å². The van der Waals surface area contributed by atoms with Gasteiger partial charge in [0.2, 0.25) is 5.91 Å². The van der Waals surface area contributed by atoms with E-state index in [1.165, 1.54) is 0 Å². The number of amides is 2. The monoisotopic (exact) mass is 603 g/mol. The zero-order valence-corrected chi connectivity index (χ0v) is 25.3. The number of rotatable bonds is 8. The molecule has 3 aliphatic rings. The number of pyridine rings is 1. The van der Waals surface area contributed by atoms with Gasteiger partial charge < -0.3 is 20.9 Å². The zero-order chi connectivity index (χ0) is 31.2. The average Bonchev–Trinajstić information content (AvgIpc) is 3.80. The van der Waals surface area contributed by atoms with Crippen LogP contribution in [0, 0.1) is 17.2 Å². The Balaban J connectivity index is 1.16. The molecule has 1 atom stereocenters. The predicted octanol–water partition coefficient (Wildman–Crippen LogP) is 3.63. The summed E-state index contributed by atoms with van der Waals surface area (Å²) >= 11 is 0. The highest BCUT2D eigenvalue weighted by molar-refractivity contribution is 6.01. The number of anilines is 4. The van der Waals surface area contributed by atoms with Gasteiger partial charge in [-0.25, -0.2) is 4.98 Å². The van der Waals surface area contributed by atoms with E-state index in [0.717, 1.165) is 59.8 Å². The minimum atomic E-state index is -0.386. The van der Waals surface area contributed by atoms with E-state index in [0.29, 0.717) is 23.7 Å². The number of aromatic nitrogens is 5. The second-order valence-corrected chi connectivity index (χ2v) is 11.8. The fraction of sp³-hybridized carbons (Fsp3) is 0.344. The number of benzene rings is 1. The van der Waals surface area contributed by atoms with Gasteiger partial charge in [0.1, 0.15) is 11.8 Å². The lowest BCUT2D eigenvalue weighted by molar-refractivity contribution is -0.117. The van der Waals surface area contributed by atoms with Crippen molar-refractivity contribution < 1.29 is 9.59 Å². The molecule has 3 aromatic heterocycles. The maximum Gasteiger partial charge on any atom is 0.273 e. The normalized spacial score (nSPS) is 17.5. The first-order chi connectivity index (χ1) is 21.8. The number of hydrogen-bond acceptors (Lipinski definition) is 10. The quantitative estimate of drug-likeness (QED) is 0.272. The summed E-state index contributed by atoms with van der Waals surface area (Å²) in [7, 11) is 3.60. The molecule has 4 aromatic rings. The molecule has 0 unspecified atom stereocenters. The van der Waals surface area contributed by atoms with Gasteiger partial charge in [-0.3, -0.25) is 19.2 Å². The van der Waals surface area contributed by atoms with Gasteiger partial charge in [-0.2, -0.15) is 10.4 Å². The first-order valence-corrected chi connectivity index (χ1v) is 15.0. The van der Waals surface area contributed by atoms with Crippen LogP contribution in [-0.4, -0.2) is 68.9 Å². The molecule has 228 valence electrons. The Hall–Kier alpha value is -5.35. The molecule has 7 rings (SSSR count). The summed E-state index contributed by atoms with van der Waals surface area (Å²) in [5, 5.41) is 31.2. The Bertz CT molecular complexity index is 1850. The summed E-state index contributed by atoms with van der Waals surface area (Å²) in [6.45, 7) is 4.54. The van der Waals surface area contributed by atoms with Gasteiger partial charge >= 0.3 is 0 Å². The summed E-state index contributed by atoms with van der Waals surface area (Å²) in [5.41, 5.74) is 6.90. The Kier molecular flexibility index (Phi) is 7.13. The molecule has 0 radical (unpaired) electrons. The molecule has 1 aliphatic carbocycles. The summed E-state index contributed by atoms with van der Waals surface area (Å²) in [6, 6.07) is 15.6. The van der Waals surface area contributed by atoms with Crippen LogP contribution in [0.2, 0.25) is 0 Å². The molecular formula is C32H33N11O2. The van der Waals surface area contributed by atoms with E-state index in [-0.39, 0.29) is 35.5 Å². The highest BCUT2D eigenvalue weighted by Gasteiger charge is 2.37. The summed E-state index contributed by atoms with van der Waals surface area (Å²) in [4.78, 5) is 34.1. The lowest BCUT2D eigenvalue weighted by atomic mass is 9.93. The number of carbonyl (C=O) groups is 2. The Morgan fingerprint density at radius 3 is 2.62 bits per heavy atom. The van der Waals surface area contributed by atoms with Gasteiger partial charge in [0, 0.05) is 56.8 Å². The number of para-hydroxylation sites is 1. The summed E-state index contributed by atoms with van der Waals surface area (Å²) < 4.78 is 2.15. The first-order valence-electron chi connectivity index (χ1n) is 15.0. The molecule has 0 spiro atoms. The molecule has 2 fully saturated rings. The third-order valence-electron chi connectivity index (χ3n) is 8.79. The fourth-order valence-electron chi connectivity index (χ4n) is 6.14. The van der Waals surface area contributed by atoms with Crippen molar-refractivity contribution in [2.45, 2.75) is 38.4 Å². The summed E-state index contributed by atoms with van der Waals surface area (Å²) in [6.07, 6.45) is 3.68. The predicted molar refractivity (Wildman–Crippen MR) is 168 cm³/mol. The van der Waals surface area contributed by atoms with Crippen LogP contribution < -0.4 is 20.9 Å². The van der Waals surface area contributed by atoms with Crippen molar-refractivity contribution in [3.63, 3.8) is 0 Å². The number of likely N-dealkylation sites (tertiary alicyclic amines) is 1. The zero-order valence-electron chi connectivity index (χ0n) is 25.3. The molecule has 1 saturated carbocycles. The van der Waals surface area contributed by atoms with Gasteiger partial charge in [-0.15, -0.1) is 10.2 Å². The lowest BCUT2D eigenvalue weighted by Crippen LogP contribution is -2.48. The molecule has 2 amide bonds. The molecule has 45 heavy (non-hydrogen) atoms. The van der Waals surface area contributed by atoms with Crippen molar-refractivity contribution >= 4 is 34.7 Å². The van der Waals surface area contributed by atoms with Crippen molar-refractivity contribution in [1.82, 2.24) is 35.2 Å². The topological polar surface area (TPSA) is 157 Å². The maximum absolute atomic E-state index is 12.7. The van der Waals surface area contributed by atoms with Gasteiger partial charge in [0.25, 0.3) is 5.91 Å². The highest BCUT2D eigenvalue weighted by atomic mass is 16.2. The molecule has 3 N–H and O–H groups in total. The van der Waals surface area contributed by atoms with Crippen LogP contribution >= 0.6 is 0 Å². The smallest absolute Gasteiger partial charge is 0.273 e. The minimum Gasteiger partial charge on any atom is -0.364 e. The third kappa shape index (κ3) is 5.23. The largest absolute Gasteiger partial charge is 0.364 e. The number of nitrogens with zero attached hydrogens (tertiary/aromatic N) is 8. The van der Waals surface area contributed by atoms with E-state index >= 15 is 0 Å². The van der Waals surface area contributed by atoms with Gasteiger partial charge in [-0.1, -0.05) is 18.2 Å². The number of fused-ring (bicyclic) bond motifs is 3. The second-order valence-electron chi connectivity index (χ2n) is 11.8. The van der Waals surface area contributed by atoms with Crippen LogP contribution in [0.25, 0.3) is 11.1 Å². The minimum absolute atomic E-state index is 0.00901. The molecular weight excluding hydrogens is 570 g/mol. The molecule has 0 bridgehead atoms. The Morgan fingerprint density at radius 2 is 1.87 bits per heavy atom. The van der Waals surface area contributed by atoms with Gasteiger partial charge in [0.15, 0.2) is 11.5 Å². The molecule has 2 aliphatic heterocycles. The molecule has 13 nitrogen and oxygen atoms in total. The lowest BCUT2D eigenvalue weighted by Gasteiger charge is -2.42. The number of nitriles is 1. The van der Waals surface area contributed by atoms with Crippen molar-refractivity contribution in [2.24, 2.45) is 5.92 Å².